The van der Waals surface area contributed by atoms with Crippen molar-refractivity contribution in [3.8, 4) is 5.75 Å². The summed E-state index contributed by atoms with van der Waals surface area (Å²) in [4.78, 5) is 22.2. The van der Waals surface area contributed by atoms with Gasteiger partial charge in [-0.15, -0.1) is 0 Å². The highest BCUT2D eigenvalue weighted by Gasteiger charge is 2.14. The summed E-state index contributed by atoms with van der Waals surface area (Å²) in [5.74, 6) is -0.674. The van der Waals surface area contributed by atoms with Gasteiger partial charge < -0.3 is 5.11 Å². The lowest BCUT2D eigenvalue weighted by molar-refractivity contribution is -0.385. The second-order valence-electron chi connectivity index (χ2n) is 4.30. The van der Waals surface area contributed by atoms with Crippen LogP contribution in [0.25, 0.3) is 0 Å². The van der Waals surface area contributed by atoms with Crippen molar-refractivity contribution in [2.45, 2.75) is 0 Å². The average Bonchev–Trinajstić information content (AvgIpc) is 2.51. The first-order valence-electron chi connectivity index (χ1n) is 6.15. The number of halogens is 2. The largest absolute Gasteiger partial charge is 0.506 e. The Kier molecular flexibility index (Phi) is 5.45. The lowest BCUT2D eigenvalue weighted by Crippen LogP contribution is -2.18. The van der Waals surface area contributed by atoms with Gasteiger partial charge in [0.1, 0.15) is 5.75 Å². The number of carbonyl (C=O) groups excluding carboxylic acids is 1. The topological polar surface area (TPSA) is 105 Å². The number of amides is 1. The maximum Gasteiger partial charge on any atom is 0.272 e. The van der Waals surface area contributed by atoms with Gasteiger partial charge in [0, 0.05) is 22.2 Å². The van der Waals surface area contributed by atoms with Crippen LogP contribution in [0, 0.1) is 10.1 Å². The van der Waals surface area contributed by atoms with E-state index in [1.54, 1.807) is 24.3 Å². The summed E-state index contributed by atoms with van der Waals surface area (Å²) in [5.41, 5.74) is 2.55. The van der Waals surface area contributed by atoms with Crippen LogP contribution in [0.2, 0.25) is 0 Å². The van der Waals surface area contributed by atoms with Gasteiger partial charge in [0.25, 0.3) is 11.6 Å². The van der Waals surface area contributed by atoms with Crippen molar-refractivity contribution >= 4 is 49.7 Å². The molecule has 0 heterocycles. The molecule has 7 nitrogen and oxygen atoms in total. The van der Waals surface area contributed by atoms with E-state index in [1.165, 1.54) is 6.07 Å². The highest BCUT2D eigenvalue weighted by molar-refractivity contribution is 9.10. The SMILES string of the molecule is O=C(N/N=C\c1cc([N+](=O)[O-])cc(Br)c1O)c1ccccc1Br. The molecule has 0 aromatic heterocycles. The second kappa shape index (κ2) is 7.34. The molecule has 0 aliphatic carbocycles. The van der Waals surface area contributed by atoms with E-state index in [0.717, 1.165) is 12.3 Å². The number of rotatable bonds is 4. The first kappa shape index (κ1) is 17.1. The van der Waals surface area contributed by atoms with Gasteiger partial charge in [-0.3, -0.25) is 14.9 Å². The van der Waals surface area contributed by atoms with Crippen LogP contribution in [-0.4, -0.2) is 22.2 Å². The first-order chi connectivity index (χ1) is 10.9. The van der Waals surface area contributed by atoms with Crippen LogP contribution >= 0.6 is 31.9 Å². The third kappa shape index (κ3) is 4.14. The maximum atomic E-state index is 11.9. The molecule has 9 heteroatoms. The fourth-order valence-electron chi connectivity index (χ4n) is 1.68. The van der Waals surface area contributed by atoms with Crippen LogP contribution in [0.15, 0.2) is 50.4 Å². The van der Waals surface area contributed by atoms with Crippen molar-refractivity contribution in [3.05, 3.63) is 66.6 Å². The lowest BCUT2D eigenvalue weighted by Gasteiger charge is -2.03. The normalized spacial score (nSPS) is 10.7. The molecular weight excluding hydrogens is 434 g/mol. The van der Waals surface area contributed by atoms with E-state index in [4.69, 9.17) is 0 Å². The quantitative estimate of drug-likeness (QED) is 0.428. The zero-order valence-electron chi connectivity index (χ0n) is 11.4. The Labute approximate surface area is 147 Å². The number of aromatic hydroxyl groups is 1. The number of carbonyl (C=O) groups is 1. The number of nitrogens with one attached hydrogen (secondary N) is 1. The average molecular weight is 443 g/mol. The number of phenolic OH excluding ortho intramolecular Hbond substituents is 1. The van der Waals surface area contributed by atoms with Gasteiger partial charge in [0.2, 0.25) is 0 Å². The number of hydrogen-bond donors (Lipinski definition) is 2. The van der Waals surface area contributed by atoms with Crippen LogP contribution in [0.3, 0.4) is 0 Å². The van der Waals surface area contributed by atoms with Gasteiger partial charge in [-0.2, -0.15) is 5.10 Å². The van der Waals surface area contributed by atoms with Crippen molar-refractivity contribution in [2.75, 3.05) is 0 Å². The Bertz CT molecular complexity index is 809. The first-order valence-corrected chi connectivity index (χ1v) is 7.73. The molecule has 0 bridgehead atoms. The molecule has 118 valence electrons. The molecule has 2 N–H and O–H groups in total. The van der Waals surface area contributed by atoms with Crippen LogP contribution in [0.4, 0.5) is 5.69 Å². The number of non-ortho nitro benzene ring substituents is 1. The number of nitro benzene ring substituents is 1. The number of nitrogens with zero attached hydrogens (tertiary/aromatic N) is 2. The molecule has 0 saturated carbocycles. The summed E-state index contributed by atoms with van der Waals surface area (Å²) in [5, 5.41) is 24.4. The van der Waals surface area contributed by atoms with Crippen molar-refractivity contribution in [1.29, 1.82) is 0 Å². The minimum Gasteiger partial charge on any atom is -0.506 e. The number of nitro groups is 1. The molecule has 0 radical (unpaired) electrons. The molecule has 0 saturated heterocycles. The summed E-state index contributed by atoms with van der Waals surface area (Å²) in [6.45, 7) is 0. The Morgan fingerprint density at radius 3 is 2.61 bits per heavy atom. The number of benzene rings is 2. The van der Waals surface area contributed by atoms with Crippen molar-refractivity contribution in [2.24, 2.45) is 5.10 Å². The standard InChI is InChI=1S/C14H9Br2N3O4/c15-11-4-2-1-3-10(11)14(21)18-17-7-8-5-9(19(22)23)6-12(16)13(8)20/h1-7,20H,(H,18,21)/b17-7-. The van der Waals surface area contributed by atoms with Crippen molar-refractivity contribution < 1.29 is 14.8 Å². The summed E-state index contributed by atoms with van der Waals surface area (Å²) in [6.07, 6.45) is 1.13. The van der Waals surface area contributed by atoms with E-state index in [1.807, 2.05) is 0 Å². The zero-order valence-corrected chi connectivity index (χ0v) is 14.5. The Morgan fingerprint density at radius 1 is 1.26 bits per heavy atom. The van der Waals surface area contributed by atoms with Crippen LogP contribution in [-0.2, 0) is 0 Å². The molecule has 2 aromatic carbocycles. The molecule has 0 spiro atoms. The summed E-state index contributed by atoms with van der Waals surface area (Å²) < 4.78 is 0.763. The molecule has 0 atom stereocenters. The molecule has 1 amide bonds. The van der Waals surface area contributed by atoms with Gasteiger partial charge in [-0.1, -0.05) is 12.1 Å². The molecular formula is C14H9Br2N3O4. The van der Waals surface area contributed by atoms with E-state index in [2.05, 4.69) is 42.4 Å². The lowest BCUT2D eigenvalue weighted by atomic mass is 10.2. The van der Waals surface area contributed by atoms with Gasteiger partial charge in [-0.25, -0.2) is 5.43 Å². The third-order valence-corrected chi connectivity index (χ3v) is 4.07. The van der Waals surface area contributed by atoms with Crippen LogP contribution in [0.1, 0.15) is 15.9 Å². The summed E-state index contributed by atoms with van der Waals surface area (Å²) in [7, 11) is 0. The second-order valence-corrected chi connectivity index (χ2v) is 6.01. The van der Waals surface area contributed by atoms with E-state index in [0.29, 0.717) is 10.0 Å². The maximum absolute atomic E-state index is 11.9. The van der Waals surface area contributed by atoms with Crippen LogP contribution < -0.4 is 5.43 Å². The molecule has 2 rings (SSSR count). The molecule has 0 aliphatic heterocycles. The fourth-order valence-corrected chi connectivity index (χ4v) is 2.60. The van der Waals surface area contributed by atoms with E-state index >= 15 is 0 Å². The van der Waals surface area contributed by atoms with Gasteiger partial charge in [0.15, 0.2) is 0 Å². The van der Waals surface area contributed by atoms with Crippen molar-refractivity contribution in [1.82, 2.24) is 5.43 Å². The number of hydrogen-bond acceptors (Lipinski definition) is 5. The van der Waals surface area contributed by atoms with Gasteiger partial charge >= 0.3 is 0 Å². The predicted molar refractivity (Wildman–Crippen MR) is 91.7 cm³/mol. The summed E-state index contributed by atoms with van der Waals surface area (Å²) in [6, 6.07) is 9.11. The predicted octanol–water partition coefficient (Wildman–Crippen LogP) is 3.59. The molecule has 0 fully saturated rings. The van der Waals surface area contributed by atoms with Crippen LogP contribution in [0.5, 0.6) is 5.75 Å². The van der Waals surface area contributed by atoms with Crippen molar-refractivity contribution in [3.63, 3.8) is 0 Å². The highest BCUT2D eigenvalue weighted by atomic mass is 79.9. The summed E-state index contributed by atoms with van der Waals surface area (Å²) >= 11 is 6.27. The fraction of sp³-hybridized carbons (Fsp3) is 0. The third-order valence-electron chi connectivity index (χ3n) is 2.78. The number of hydrazone groups is 1. The highest BCUT2D eigenvalue weighted by Crippen LogP contribution is 2.31. The molecule has 2 aromatic rings. The van der Waals surface area contributed by atoms with E-state index < -0.39 is 10.8 Å². The zero-order chi connectivity index (χ0) is 17.0. The molecule has 23 heavy (non-hydrogen) atoms. The Morgan fingerprint density at radius 2 is 1.96 bits per heavy atom. The minimum absolute atomic E-state index is 0.0958. The monoisotopic (exact) mass is 441 g/mol. The van der Waals surface area contributed by atoms with E-state index in [9.17, 15) is 20.0 Å². The Balaban J connectivity index is 2.19. The Hall–Kier alpha value is -2.26. The number of phenols is 1. The van der Waals surface area contributed by atoms with Gasteiger partial charge in [-0.05, 0) is 44.0 Å². The molecule has 0 aliphatic rings. The smallest absolute Gasteiger partial charge is 0.272 e. The molecule has 0 unspecified atom stereocenters. The van der Waals surface area contributed by atoms with Gasteiger partial charge in [0.05, 0.1) is 21.2 Å². The minimum atomic E-state index is -0.596. The van der Waals surface area contributed by atoms with E-state index in [-0.39, 0.29) is 21.5 Å².